The van der Waals surface area contributed by atoms with Crippen LogP contribution >= 0.6 is 23.5 Å². The van der Waals surface area contributed by atoms with Crippen LogP contribution in [0, 0.1) is 0 Å². The fourth-order valence-electron chi connectivity index (χ4n) is 4.61. The minimum atomic E-state index is -0.145. The molecule has 40 heavy (non-hydrogen) atoms. The van der Waals surface area contributed by atoms with E-state index in [1.54, 1.807) is 37.7 Å². The first-order chi connectivity index (χ1) is 19.5. The summed E-state index contributed by atoms with van der Waals surface area (Å²) in [6.07, 6.45) is 0. The first-order valence-electron chi connectivity index (χ1n) is 13.3. The third-order valence-electron chi connectivity index (χ3n) is 6.66. The Hall–Kier alpha value is -3.14. The van der Waals surface area contributed by atoms with Crippen LogP contribution in [0.15, 0.2) is 78.9 Å². The van der Waals surface area contributed by atoms with Gasteiger partial charge in [-0.3, -0.25) is 14.5 Å². The second kappa shape index (κ2) is 15.6. The molecule has 2 N–H and O–H groups in total. The van der Waals surface area contributed by atoms with E-state index in [2.05, 4.69) is 27.7 Å². The molecule has 1 heterocycles. The molecule has 0 aliphatic carbocycles. The molecule has 0 radical (unpaired) electrons. The molecule has 0 aromatic heterocycles. The molecule has 9 heteroatoms. The zero-order chi connectivity index (χ0) is 28.2. The lowest BCUT2D eigenvalue weighted by Crippen LogP contribution is -2.51. The van der Waals surface area contributed by atoms with Crippen LogP contribution in [-0.2, 0) is 27.6 Å². The summed E-state index contributed by atoms with van der Waals surface area (Å²) < 4.78 is 10.4. The third-order valence-corrected chi connectivity index (χ3v) is 8.67. The number of benzene rings is 3. The minimum Gasteiger partial charge on any atom is -0.497 e. The van der Waals surface area contributed by atoms with Gasteiger partial charge in [0.05, 0.1) is 37.8 Å². The van der Waals surface area contributed by atoms with Gasteiger partial charge in [0.1, 0.15) is 11.5 Å². The average Bonchev–Trinajstić information content (AvgIpc) is 3.33. The van der Waals surface area contributed by atoms with E-state index >= 15 is 0 Å². The highest BCUT2D eigenvalue weighted by atomic mass is 32.2. The van der Waals surface area contributed by atoms with Gasteiger partial charge in [0.15, 0.2) is 0 Å². The number of hydrogen-bond donors (Lipinski definition) is 2. The molecule has 0 bridgehead atoms. The molecule has 0 unspecified atom stereocenters. The number of nitrogens with one attached hydrogen (secondary N) is 2. The topological polar surface area (TPSA) is 79.9 Å². The monoisotopic (exact) mass is 579 g/mol. The molecule has 2 atom stereocenters. The molecule has 1 fully saturated rings. The van der Waals surface area contributed by atoms with Crippen LogP contribution in [0.5, 0.6) is 11.5 Å². The lowest BCUT2D eigenvalue weighted by Gasteiger charge is -2.21. The Bertz CT molecular complexity index is 1130. The summed E-state index contributed by atoms with van der Waals surface area (Å²) in [6, 6.07) is 25.8. The maximum atomic E-state index is 12.9. The second-order valence-electron chi connectivity index (χ2n) is 9.71. The number of thioether (sulfide) groups is 2. The van der Waals surface area contributed by atoms with E-state index in [9.17, 15) is 9.59 Å². The van der Waals surface area contributed by atoms with Gasteiger partial charge in [-0.1, -0.05) is 54.6 Å². The van der Waals surface area contributed by atoms with E-state index in [0.717, 1.165) is 40.7 Å². The minimum absolute atomic E-state index is 0.0156. The molecule has 1 saturated heterocycles. The molecule has 3 aromatic carbocycles. The number of methoxy groups -OCH3 is 2. The maximum absolute atomic E-state index is 12.9. The summed E-state index contributed by atoms with van der Waals surface area (Å²) in [5, 5.41) is 6.39. The fraction of sp³-hybridized carbons (Fsp3) is 0.355. The van der Waals surface area contributed by atoms with Crippen molar-refractivity contribution in [2.75, 3.05) is 38.8 Å². The second-order valence-corrected chi connectivity index (χ2v) is 11.7. The molecule has 0 spiro atoms. The molecule has 0 saturated carbocycles. The largest absolute Gasteiger partial charge is 0.497 e. The van der Waals surface area contributed by atoms with E-state index in [1.807, 2.05) is 66.7 Å². The van der Waals surface area contributed by atoms with Crippen molar-refractivity contribution in [1.82, 2.24) is 15.5 Å². The molecule has 7 nitrogen and oxygen atoms in total. The number of carbonyl (C=O) groups excluding carboxylic acids is 2. The Morgan fingerprint density at radius 2 is 1.15 bits per heavy atom. The maximum Gasteiger partial charge on any atom is 0.230 e. The first kappa shape index (κ1) is 29.8. The van der Waals surface area contributed by atoms with E-state index in [0.29, 0.717) is 24.6 Å². The number of carbonyl (C=O) groups is 2. The van der Waals surface area contributed by atoms with Gasteiger partial charge in [0.25, 0.3) is 0 Å². The van der Waals surface area contributed by atoms with Crippen molar-refractivity contribution in [3.8, 4) is 11.5 Å². The number of amides is 2. The van der Waals surface area contributed by atoms with E-state index < -0.39 is 0 Å². The predicted octanol–water partition coefficient (Wildman–Crippen LogP) is 4.36. The lowest BCUT2D eigenvalue weighted by molar-refractivity contribution is -0.121. The van der Waals surface area contributed by atoms with Crippen LogP contribution < -0.4 is 20.1 Å². The molecule has 212 valence electrons. The Labute approximate surface area is 245 Å². The first-order valence-corrected chi connectivity index (χ1v) is 15.6. The van der Waals surface area contributed by atoms with Gasteiger partial charge >= 0.3 is 0 Å². The fourth-order valence-corrected chi connectivity index (χ4v) is 6.21. The van der Waals surface area contributed by atoms with Crippen LogP contribution in [0.2, 0.25) is 0 Å². The smallest absolute Gasteiger partial charge is 0.230 e. The molecule has 4 rings (SSSR count). The Morgan fingerprint density at radius 3 is 1.57 bits per heavy atom. The van der Waals surface area contributed by atoms with Crippen LogP contribution in [0.25, 0.3) is 0 Å². The Morgan fingerprint density at radius 1 is 0.700 bits per heavy atom. The summed E-state index contributed by atoms with van der Waals surface area (Å²) in [6.45, 7) is 2.15. The average molecular weight is 580 g/mol. The Balaban J connectivity index is 1.27. The van der Waals surface area contributed by atoms with Crippen LogP contribution in [-0.4, -0.2) is 67.6 Å². The molecule has 3 aromatic rings. The molecular weight excluding hydrogens is 542 g/mol. The number of hydrogen-bond acceptors (Lipinski definition) is 7. The van der Waals surface area contributed by atoms with Gasteiger partial charge in [-0.15, -0.1) is 23.5 Å². The highest BCUT2D eigenvalue weighted by Gasteiger charge is 2.34. The number of nitrogens with zero attached hydrogens (tertiary/aromatic N) is 1. The van der Waals surface area contributed by atoms with Crippen molar-refractivity contribution < 1.29 is 19.1 Å². The third kappa shape index (κ3) is 9.50. The van der Waals surface area contributed by atoms with Crippen molar-refractivity contribution in [2.45, 2.75) is 30.1 Å². The van der Waals surface area contributed by atoms with Gasteiger partial charge in [0, 0.05) is 31.1 Å². The summed E-state index contributed by atoms with van der Waals surface area (Å²) >= 11 is 3.15. The Kier molecular flexibility index (Phi) is 11.6. The van der Waals surface area contributed by atoms with Gasteiger partial charge in [0.2, 0.25) is 11.8 Å². The molecule has 2 amide bonds. The van der Waals surface area contributed by atoms with Crippen molar-refractivity contribution in [3.05, 3.63) is 95.6 Å². The molecule has 1 aliphatic heterocycles. The van der Waals surface area contributed by atoms with Gasteiger partial charge in [-0.05, 0) is 41.0 Å². The van der Waals surface area contributed by atoms with Crippen LogP contribution in [0.3, 0.4) is 0 Å². The summed E-state index contributed by atoms with van der Waals surface area (Å²) in [4.78, 5) is 28.0. The van der Waals surface area contributed by atoms with Crippen LogP contribution in [0.4, 0.5) is 0 Å². The molecule has 1 aliphatic rings. The zero-order valence-corrected chi connectivity index (χ0v) is 24.6. The lowest BCUT2D eigenvalue weighted by atomic mass is 10.1. The number of rotatable bonds is 14. The van der Waals surface area contributed by atoms with Crippen molar-refractivity contribution in [3.63, 3.8) is 0 Å². The van der Waals surface area contributed by atoms with Gasteiger partial charge < -0.3 is 20.1 Å². The highest BCUT2D eigenvalue weighted by Crippen LogP contribution is 2.19. The zero-order valence-electron chi connectivity index (χ0n) is 23.0. The van der Waals surface area contributed by atoms with E-state index in [4.69, 9.17) is 9.47 Å². The van der Waals surface area contributed by atoms with E-state index in [1.165, 1.54) is 5.56 Å². The summed E-state index contributed by atoms with van der Waals surface area (Å²) in [5.41, 5.74) is 3.50. The number of ether oxygens (including phenoxy) is 2. The highest BCUT2D eigenvalue weighted by molar-refractivity contribution is 7.99. The predicted molar refractivity (Wildman–Crippen MR) is 164 cm³/mol. The van der Waals surface area contributed by atoms with Crippen molar-refractivity contribution >= 4 is 35.3 Å². The standard InChI is InChI=1S/C31H37N3O4S2/c1-37-26-12-8-24(9-13-26)19-39-21-30(35)32-28-17-34(16-23-6-4-3-5-7-23)18-29(28)33-31(36)22-40-20-25-10-14-27(38-2)15-11-25/h3-15,28-29H,16-22H2,1-2H3,(H,32,35)(H,33,36)/t28-,29-/m1/s1. The number of likely N-dealkylation sites (tertiary alicyclic amines) is 1. The van der Waals surface area contributed by atoms with E-state index in [-0.39, 0.29) is 23.9 Å². The van der Waals surface area contributed by atoms with Crippen molar-refractivity contribution in [2.24, 2.45) is 0 Å². The van der Waals surface area contributed by atoms with Crippen molar-refractivity contribution in [1.29, 1.82) is 0 Å². The quantitative estimate of drug-likeness (QED) is 0.294. The normalized spacial score (nSPS) is 16.9. The van der Waals surface area contributed by atoms with Crippen LogP contribution in [0.1, 0.15) is 16.7 Å². The van der Waals surface area contributed by atoms with Gasteiger partial charge in [-0.2, -0.15) is 0 Å². The SMILES string of the molecule is COc1ccc(CSCC(=O)N[C@@H]2CN(Cc3ccccc3)C[C@H]2NC(=O)CSCc2ccc(OC)cc2)cc1. The molecular formula is C31H37N3O4S2. The summed E-state index contributed by atoms with van der Waals surface area (Å²) in [5.74, 6) is 3.82. The van der Waals surface area contributed by atoms with Gasteiger partial charge in [-0.25, -0.2) is 0 Å². The summed E-state index contributed by atoms with van der Waals surface area (Å²) in [7, 11) is 3.30.